The molecule has 3 aliphatic heterocycles. The first kappa shape index (κ1) is 22.8. The molecule has 0 aromatic rings. The van der Waals surface area contributed by atoms with Gasteiger partial charge in [0.2, 0.25) is 11.6 Å². The number of carbonyl (C=O) groups is 3. The summed E-state index contributed by atoms with van der Waals surface area (Å²) in [5, 5.41) is 3.34. The number of Topliss-reactive ketones (excluding diaryl/α,β-unsaturated/α-hetero) is 2. The fourth-order valence-electron chi connectivity index (χ4n) is 5.50. The number of ether oxygens (including phenoxy) is 3. The Morgan fingerprint density at radius 1 is 1.19 bits per heavy atom. The highest BCUT2D eigenvalue weighted by Crippen LogP contribution is 2.55. The number of unbranched alkanes of at least 4 members (excludes halogenated alkanes) is 5. The molecule has 0 bridgehead atoms. The first-order valence-corrected chi connectivity index (χ1v) is 11.6. The van der Waals surface area contributed by atoms with Gasteiger partial charge in [-0.15, -0.1) is 0 Å². The summed E-state index contributed by atoms with van der Waals surface area (Å²) in [6.07, 6.45) is 5.64. The monoisotopic (exact) mass is 447 g/mol. The number of primary amides is 1. The summed E-state index contributed by atoms with van der Waals surface area (Å²) in [5.41, 5.74) is 5.20. The molecule has 3 N–H and O–H groups in total. The van der Waals surface area contributed by atoms with Gasteiger partial charge in [0.15, 0.2) is 11.5 Å². The van der Waals surface area contributed by atoms with E-state index >= 15 is 0 Å². The van der Waals surface area contributed by atoms with Gasteiger partial charge in [-0.1, -0.05) is 39.0 Å². The molecule has 2 saturated heterocycles. The van der Waals surface area contributed by atoms with Gasteiger partial charge in [-0.2, -0.15) is 0 Å². The number of nitrogens with one attached hydrogen (secondary N) is 1. The molecule has 4 atom stereocenters. The number of hydrogen-bond acceptors (Lipinski definition) is 8. The molecule has 4 aliphatic rings. The second kappa shape index (κ2) is 8.86. The molecule has 0 aromatic heterocycles. The number of allylic oxidation sites excluding steroid dienone is 2. The number of carbonyl (C=O) groups excluding carboxylic acids is 3. The number of piperazine rings is 1. The molecule has 3 heterocycles. The first-order chi connectivity index (χ1) is 15.4. The Labute approximate surface area is 188 Å². The Morgan fingerprint density at radius 2 is 1.91 bits per heavy atom. The minimum atomic E-state index is -0.967. The Balaban J connectivity index is 1.54. The Hall–Kier alpha value is -2.39. The highest BCUT2D eigenvalue weighted by atomic mass is 16.6. The highest BCUT2D eigenvalue weighted by molar-refractivity contribution is 6.25. The Morgan fingerprint density at radius 3 is 2.59 bits per heavy atom. The minimum Gasteiger partial charge on any atom is -0.489 e. The Bertz CT molecular complexity index is 881. The van der Waals surface area contributed by atoms with Crippen molar-refractivity contribution in [3.8, 4) is 0 Å². The van der Waals surface area contributed by atoms with Crippen LogP contribution < -0.4 is 11.1 Å². The first-order valence-electron chi connectivity index (χ1n) is 11.6. The molecule has 2 unspecified atom stereocenters. The van der Waals surface area contributed by atoms with Crippen LogP contribution in [0.3, 0.4) is 0 Å². The lowest BCUT2D eigenvalue weighted by Gasteiger charge is -2.39. The maximum absolute atomic E-state index is 13.6. The molecule has 176 valence electrons. The van der Waals surface area contributed by atoms with E-state index in [0.717, 1.165) is 19.3 Å². The zero-order chi connectivity index (χ0) is 23.0. The smallest absolute Gasteiger partial charge is 0.404 e. The molecule has 0 aromatic carbocycles. The number of amides is 1. The summed E-state index contributed by atoms with van der Waals surface area (Å²) in [7, 11) is 1.55. The largest absolute Gasteiger partial charge is 0.489 e. The fourth-order valence-corrected chi connectivity index (χ4v) is 5.50. The third-order valence-electron chi connectivity index (χ3n) is 7.12. The van der Waals surface area contributed by atoms with Crippen LogP contribution in [0.15, 0.2) is 22.6 Å². The molecule has 32 heavy (non-hydrogen) atoms. The normalized spacial score (nSPS) is 30.5. The van der Waals surface area contributed by atoms with Crippen LogP contribution in [-0.2, 0) is 23.8 Å². The average Bonchev–Trinajstić information content (AvgIpc) is 3.38. The van der Waals surface area contributed by atoms with Gasteiger partial charge in [0.25, 0.3) is 0 Å². The van der Waals surface area contributed by atoms with Crippen LogP contribution in [0.5, 0.6) is 0 Å². The van der Waals surface area contributed by atoms with E-state index in [4.69, 9.17) is 19.9 Å². The molecule has 0 saturated carbocycles. The maximum atomic E-state index is 13.6. The van der Waals surface area contributed by atoms with Crippen molar-refractivity contribution in [1.82, 2.24) is 10.2 Å². The lowest BCUT2D eigenvalue weighted by atomic mass is 9.83. The topological polar surface area (TPSA) is 130 Å². The zero-order valence-corrected chi connectivity index (χ0v) is 19.1. The molecule has 0 spiro atoms. The number of ketones is 2. The van der Waals surface area contributed by atoms with Crippen LogP contribution in [0.4, 0.5) is 4.79 Å². The van der Waals surface area contributed by atoms with Gasteiger partial charge in [-0.3, -0.25) is 9.59 Å². The van der Waals surface area contributed by atoms with Crippen LogP contribution in [0, 0.1) is 5.92 Å². The van der Waals surface area contributed by atoms with Crippen LogP contribution in [0.2, 0.25) is 0 Å². The SMILES string of the molecule is CCCCCCCCOC1=C(C)C(=O)C2=C(C1=O)[C@@H](COC(N)=O)[C@@]1(OC)C3NC3CN21. The molecular weight excluding hydrogens is 414 g/mol. The molecule has 1 aliphatic carbocycles. The highest BCUT2D eigenvalue weighted by Gasteiger charge is 2.72. The van der Waals surface area contributed by atoms with Gasteiger partial charge in [-0.25, -0.2) is 4.79 Å². The number of rotatable bonds is 11. The predicted octanol–water partition coefficient (Wildman–Crippen LogP) is 1.77. The summed E-state index contributed by atoms with van der Waals surface area (Å²) in [6.45, 7) is 4.60. The van der Waals surface area contributed by atoms with Crippen molar-refractivity contribution in [3.05, 3.63) is 22.6 Å². The number of methoxy groups -OCH3 is 1. The van der Waals surface area contributed by atoms with E-state index in [1.54, 1.807) is 14.0 Å². The van der Waals surface area contributed by atoms with Crippen molar-refractivity contribution < 1.29 is 28.6 Å². The van der Waals surface area contributed by atoms with Crippen molar-refractivity contribution in [2.75, 3.05) is 26.9 Å². The van der Waals surface area contributed by atoms with E-state index < -0.39 is 17.7 Å². The molecular formula is C23H33N3O6. The van der Waals surface area contributed by atoms with E-state index in [1.807, 2.05) is 4.90 Å². The predicted molar refractivity (Wildman–Crippen MR) is 115 cm³/mol. The molecule has 0 radical (unpaired) electrons. The van der Waals surface area contributed by atoms with Crippen LogP contribution >= 0.6 is 0 Å². The number of fused-ring (bicyclic) bond motifs is 4. The summed E-state index contributed by atoms with van der Waals surface area (Å²) < 4.78 is 16.9. The lowest BCUT2D eigenvalue weighted by Crippen LogP contribution is -2.55. The number of hydrogen-bond donors (Lipinski definition) is 2. The molecule has 9 nitrogen and oxygen atoms in total. The summed E-state index contributed by atoms with van der Waals surface area (Å²) in [4.78, 5) is 40.2. The van der Waals surface area contributed by atoms with E-state index in [9.17, 15) is 14.4 Å². The summed E-state index contributed by atoms with van der Waals surface area (Å²) >= 11 is 0. The van der Waals surface area contributed by atoms with Crippen molar-refractivity contribution in [1.29, 1.82) is 0 Å². The van der Waals surface area contributed by atoms with E-state index in [1.165, 1.54) is 19.3 Å². The number of nitrogens with zero attached hydrogens (tertiary/aromatic N) is 1. The molecule has 2 fully saturated rings. The van der Waals surface area contributed by atoms with Gasteiger partial charge in [-0.05, 0) is 13.3 Å². The van der Waals surface area contributed by atoms with Gasteiger partial charge in [0, 0.05) is 30.8 Å². The third kappa shape index (κ3) is 3.51. The standard InChI is InChI=1S/C23H33N3O6/c1-4-5-6-7-8-9-10-31-20-13(2)18(27)17-16(19(20)28)14(12-32-22(24)29)23(30-3)21-15(25-21)11-26(17)23/h14-15,21,25H,4-12H2,1-3H3,(H2,24,29)/t14-,15?,21?,23-/m1/s1. The summed E-state index contributed by atoms with van der Waals surface area (Å²) in [6, 6.07) is 0.102. The van der Waals surface area contributed by atoms with Crippen molar-refractivity contribution in [3.63, 3.8) is 0 Å². The van der Waals surface area contributed by atoms with Crippen LogP contribution in [0.1, 0.15) is 52.4 Å². The van der Waals surface area contributed by atoms with Crippen molar-refractivity contribution in [2.24, 2.45) is 11.7 Å². The van der Waals surface area contributed by atoms with Crippen molar-refractivity contribution >= 4 is 17.7 Å². The Kier molecular flexibility index (Phi) is 6.31. The second-order valence-electron chi connectivity index (χ2n) is 8.99. The van der Waals surface area contributed by atoms with E-state index in [-0.39, 0.29) is 36.0 Å². The third-order valence-corrected chi connectivity index (χ3v) is 7.12. The number of nitrogens with two attached hydrogens (primary N) is 1. The maximum Gasteiger partial charge on any atom is 0.404 e. The quantitative estimate of drug-likeness (QED) is 0.278. The fraction of sp³-hybridized carbons (Fsp3) is 0.696. The molecule has 4 rings (SSSR count). The minimum absolute atomic E-state index is 0.0621. The van der Waals surface area contributed by atoms with Gasteiger partial charge in [0.05, 0.1) is 24.3 Å². The average molecular weight is 448 g/mol. The summed E-state index contributed by atoms with van der Waals surface area (Å²) in [5.74, 6) is -1.11. The van der Waals surface area contributed by atoms with E-state index in [2.05, 4.69) is 12.2 Å². The van der Waals surface area contributed by atoms with Crippen LogP contribution in [0.25, 0.3) is 0 Å². The lowest BCUT2D eigenvalue weighted by molar-refractivity contribution is -0.137. The van der Waals surface area contributed by atoms with E-state index in [0.29, 0.717) is 30.0 Å². The zero-order valence-electron chi connectivity index (χ0n) is 19.1. The molecule has 1 amide bonds. The van der Waals surface area contributed by atoms with Gasteiger partial charge >= 0.3 is 6.09 Å². The second-order valence-corrected chi connectivity index (χ2v) is 8.99. The van der Waals surface area contributed by atoms with Crippen LogP contribution in [-0.4, -0.2) is 67.2 Å². The molecule has 9 heteroatoms. The van der Waals surface area contributed by atoms with Gasteiger partial charge < -0.3 is 30.2 Å². The van der Waals surface area contributed by atoms with Gasteiger partial charge in [0.1, 0.15) is 6.61 Å². The van der Waals surface area contributed by atoms with Crippen molar-refractivity contribution in [2.45, 2.75) is 70.2 Å².